The van der Waals surface area contributed by atoms with E-state index in [-0.39, 0.29) is 36.2 Å². The van der Waals surface area contributed by atoms with Gasteiger partial charge in [-0.3, -0.25) is 0 Å². The molecule has 0 saturated heterocycles. The van der Waals surface area contributed by atoms with Crippen LogP contribution in [-0.4, -0.2) is 35.4 Å². The van der Waals surface area contributed by atoms with Crippen molar-refractivity contribution in [3.63, 3.8) is 0 Å². The summed E-state index contributed by atoms with van der Waals surface area (Å²) in [5, 5.41) is 8.55. The molecule has 1 aliphatic carbocycles. The smallest absolute Gasteiger partial charge is 0.329 e. The number of thioether (sulfide) groups is 1. The summed E-state index contributed by atoms with van der Waals surface area (Å²) in [5.41, 5.74) is 2.17. The number of fused-ring (bicyclic) bond motifs is 1. The number of carbonyl (C=O) groups is 1. The Hall–Kier alpha value is -1.22. The third kappa shape index (κ3) is 4.73. The molecular weight excluding hydrogens is 375 g/mol. The van der Waals surface area contributed by atoms with Gasteiger partial charge in [-0.25, -0.2) is 9.18 Å². The third-order valence-corrected chi connectivity index (χ3v) is 6.79. The highest BCUT2D eigenvalue weighted by Gasteiger charge is 2.36. The molecule has 3 nitrogen and oxygen atoms in total. The van der Waals surface area contributed by atoms with Gasteiger partial charge in [0.2, 0.25) is 0 Å². The summed E-state index contributed by atoms with van der Waals surface area (Å²) < 4.78 is 19.4. The van der Waals surface area contributed by atoms with Gasteiger partial charge in [0.25, 0.3) is 0 Å². The fourth-order valence-electron chi connectivity index (χ4n) is 3.81. The van der Waals surface area contributed by atoms with Gasteiger partial charge >= 0.3 is 5.97 Å². The van der Waals surface area contributed by atoms with Crippen molar-refractivity contribution in [2.24, 2.45) is 5.92 Å². The fourth-order valence-corrected chi connectivity index (χ4v) is 5.23. The normalized spacial score (nSPS) is 24.6. The van der Waals surface area contributed by atoms with E-state index in [2.05, 4.69) is 17.9 Å². The van der Waals surface area contributed by atoms with Crippen molar-refractivity contribution in [2.75, 3.05) is 19.0 Å². The monoisotopic (exact) mass is 396 g/mol. The number of hydrogen-bond donors (Lipinski definition) is 1. The van der Waals surface area contributed by atoms with Gasteiger partial charge in [-0.2, -0.15) is 0 Å². The number of rotatable bonds is 5. The van der Waals surface area contributed by atoms with E-state index in [4.69, 9.17) is 21.4 Å². The maximum Gasteiger partial charge on any atom is 0.329 e. The number of carboxylic acids is 1. The molecule has 0 aromatic heterocycles. The molecule has 3 rings (SSSR count). The van der Waals surface area contributed by atoms with Crippen LogP contribution in [-0.2, 0) is 16.0 Å². The van der Waals surface area contributed by atoms with Gasteiger partial charge in [-0.05, 0) is 60.5 Å². The van der Waals surface area contributed by atoms with Crippen LogP contribution in [0.25, 0.3) is 0 Å². The molecule has 1 fully saturated rings. The second-order valence-corrected chi connectivity index (χ2v) is 8.42. The number of hydrogen-bond acceptors (Lipinski definition) is 3. The maximum absolute atomic E-state index is 14.5. The second kappa shape index (κ2) is 9.12. The Morgan fingerprint density at radius 1 is 1.38 bits per heavy atom. The van der Waals surface area contributed by atoms with E-state index >= 15 is 0 Å². The van der Waals surface area contributed by atoms with Crippen molar-refractivity contribution in [3.8, 4) is 11.8 Å². The lowest BCUT2D eigenvalue weighted by molar-refractivity contribution is -0.141. The van der Waals surface area contributed by atoms with Crippen LogP contribution >= 0.6 is 23.4 Å². The summed E-state index contributed by atoms with van der Waals surface area (Å²) >= 11 is 8.13. The molecule has 1 heterocycles. The lowest BCUT2D eigenvalue weighted by Crippen LogP contribution is -2.14. The van der Waals surface area contributed by atoms with Crippen LogP contribution in [0, 0.1) is 23.6 Å². The van der Waals surface area contributed by atoms with Gasteiger partial charge in [-0.1, -0.05) is 12.0 Å². The van der Waals surface area contributed by atoms with Gasteiger partial charge in [0.15, 0.2) is 0 Å². The van der Waals surface area contributed by atoms with Gasteiger partial charge in [0, 0.05) is 16.7 Å². The molecular formula is C20H22ClFO3S. The average molecular weight is 397 g/mol. The molecule has 1 saturated carbocycles. The molecule has 6 heteroatoms. The molecule has 140 valence electrons. The molecule has 0 bridgehead atoms. The maximum atomic E-state index is 14.5. The van der Waals surface area contributed by atoms with Crippen LogP contribution in [0.1, 0.15) is 42.7 Å². The molecule has 3 atom stereocenters. The molecule has 26 heavy (non-hydrogen) atoms. The molecule has 1 aromatic carbocycles. The summed E-state index contributed by atoms with van der Waals surface area (Å²) in [5.74, 6) is 6.18. The lowest BCUT2D eigenvalue weighted by atomic mass is 9.85. The Morgan fingerprint density at radius 2 is 2.23 bits per heavy atom. The highest BCUT2D eigenvalue weighted by Crippen LogP contribution is 2.45. The number of aliphatic carboxylic acids is 1. The molecule has 0 amide bonds. The zero-order valence-electron chi connectivity index (χ0n) is 14.5. The van der Waals surface area contributed by atoms with Crippen LogP contribution in [0.3, 0.4) is 0 Å². The Morgan fingerprint density at radius 3 is 3.04 bits per heavy atom. The minimum atomic E-state index is -1.00. The predicted molar refractivity (Wildman–Crippen MR) is 101 cm³/mol. The van der Waals surface area contributed by atoms with Gasteiger partial charge in [0.1, 0.15) is 19.0 Å². The summed E-state index contributed by atoms with van der Waals surface area (Å²) in [6, 6.07) is 3.85. The number of benzene rings is 1. The van der Waals surface area contributed by atoms with Crippen molar-refractivity contribution in [1.82, 2.24) is 0 Å². The van der Waals surface area contributed by atoms with Crippen LogP contribution in [0.4, 0.5) is 4.39 Å². The van der Waals surface area contributed by atoms with E-state index in [1.165, 1.54) is 0 Å². The van der Waals surface area contributed by atoms with Crippen LogP contribution in [0.15, 0.2) is 17.0 Å². The minimum Gasteiger partial charge on any atom is -0.480 e. The van der Waals surface area contributed by atoms with Crippen LogP contribution < -0.4 is 0 Å². The van der Waals surface area contributed by atoms with Crippen molar-refractivity contribution >= 4 is 29.3 Å². The van der Waals surface area contributed by atoms with Gasteiger partial charge in [0.05, 0.1) is 0 Å². The molecule has 3 unspecified atom stereocenters. The number of alkyl halides is 1. The Labute approximate surface area is 162 Å². The minimum absolute atomic E-state index is 0.0303. The summed E-state index contributed by atoms with van der Waals surface area (Å²) in [6.45, 7) is -0.243. The largest absolute Gasteiger partial charge is 0.480 e. The van der Waals surface area contributed by atoms with Crippen molar-refractivity contribution in [3.05, 3.63) is 29.1 Å². The number of ether oxygens (including phenoxy) is 1. The fraction of sp³-hybridized carbons (Fsp3) is 0.550. The average Bonchev–Trinajstić information content (AvgIpc) is 2.98. The summed E-state index contributed by atoms with van der Waals surface area (Å²) in [4.78, 5) is 11.2. The summed E-state index contributed by atoms with van der Waals surface area (Å²) in [6.07, 6.45) is 4.50. The Balaban J connectivity index is 1.68. The first-order valence-corrected chi connectivity index (χ1v) is 10.3. The van der Waals surface area contributed by atoms with Crippen molar-refractivity contribution in [1.29, 1.82) is 0 Å². The molecule has 1 N–H and O–H groups in total. The van der Waals surface area contributed by atoms with E-state index in [0.29, 0.717) is 6.42 Å². The Bertz CT molecular complexity index is 728. The molecule has 0 spiro atoms. The lowest BCUT2D eigenvalue weighted by Gasteiger charge is -2.23. The molecule has 1 aromatic rings. The van der Waals surface area contributed by atoms with Gasteiger partial charge < -0.3 is 9.84 Å². The quantitative estimate of drug-likeness (QED) is 0.453. The topological polar surface area (TPSA) is 46.5 Å². The SMILES string of the molecule is O=C(O)COCC#CCC1C(Cl)CCC1c1cc(F)c2c(c1)CCCS2. The predicted octanol–water partition coefficient (Wildman–Crippen LogP) is 4.46. The summed E-state index contributed by atoms with van der Waals surface area (Å²) in [7, 11) is 0. The number of aryl methyl sites for hydroxylation is 1. The van der Waals surface area contributed by atoms with Crippen LogP contribution in [0.5, 0.6) is 0 Å². The van der Waals surface area contributed by atoms with E-state index in [1.807, 2.05) is 0 Å². The highest BCUT2D eigenvalue weighted by molar-refractivity contribution is 7.99. The molecule has 1 aliphatic heterocycles. The number of carboxylic acid groups (broad SMARTS) is 1. The first-order chi connectivity index (χ1) is 12.6. The first-order valence-electron chi connectivity index (χ1n) is 8.90. The highest BCUT2D eigenvalue weighted by atomic mass is 35.5. The zero-order chi connectivity index (χ0) is 18.5. The third-order valence-electron chi connectivity index (χ3n) is 5.01. The standard InChI is InChI=1S/C20H22ClFO3S/c21-17-7-6-15(16(17)5-1-2-8-25-12-19(23)24)14-10-13-4-3-9-26-20(13)18(22)11-14/h10-11,15-17H,3-9,12H2,(H,23,24). The van der Waals surface area contributed by atoms with Crippen molar-refractivity contribution in [2.45, 2.75) is 48.3 Å². The Kier molecular flexibility index (Phi) is 6.86. The number of halogens is 2. The van der Waals surface area contributed by atoms with Crippen LogP contribution in [0.2, 0.25) is 0 Å². The molecule has 2 aliphatic rings. The van der Waals surface area contributed by atoms with Gasteiger partial charge in [-0.15, -0.1) is 29.3 Å². The van der Waals surface area contributed by atoms with E-state index < -0.39 is 5.97 Å². The molecule has 0 radical (unpaired) electrons. The zero-order valence-corrected chi connectivity index (χ0v) is 16.0. The van der Waals surface area contributed by atoms with E-state index in [0.717, 1.165) is 47.5 Å². The second-order valence-electron chi connectivity index (χ2n) is 6.75. The first kappa shape index (κ1) is 19.5. The van der Waals surface area contributed by atoms with E-state index in [1.54, 1.807) is 17.8 Å². The van der Waals surface area contributed by atoms with E-state index in [9.17, 15) is 9.18 Å². The van der Waals surface area contributed by atoms with Crippen molar-refractivity contribution < 1.29 is 19.0 Å².